The molecule has 2 rings (SSSR count). The van der Waals surface area contributed by atoms with Crippen LogP contribution in [0, 0.1) is 0 Å². The van der Waals surface area contributed by atoms with Crippen molar-refractivity contribution in [3.05, 3.63) is 48.0 Å². The number of nitrogens with two attached hydrogens (primary N) is 1. The minimum atomic E-state index is -0.221. The Morgan fingerprint density at radius 1 is 1.30 bits per heavy atom. The van der Waals surface area contributed by atoms with Crippen LogP contribution >= 0.6 is 0 Å². The van der Waals surface area contributed by atoms with Crippen molar-refractivity contribution in [1.29, 1.82) is 0 Å². The van der Waals surface area contributed by atoms with Gasteiger partial charge < -0.3 is 15.0 Å². The molecule has 0 saturated carbocycles. The molecule has 0 saturated heterocycles. The summed E-state index contributed by atoms with van der Waals surface area (Å²) in [5.74, 6) is 1.77. The third kappa shape index (κ3) is 3.39. The lowest BCUT2D eigenvalue weighted by molar-refractivity contribution is 0.317. The van der Waals surface area contributed by atoms with Gasteiger partial charge in [0.2, 0.25) is 0 Å². The van der Waals surface area contributed by atoms with E-state index in [1.54, 1.807) is 0 Å². The molecule has 1 aromatic carbocycles. The summed E-state index contributed by atoms with van der Waals surface area (Å²) in [7, 11) is 0. The number of imidazole rings is 1. The van der Waals surface area contributed by atoms with Crippen molar-refractivity contribution >= 4 is 0 Å². The third-order valence-electron chi connectivity index (χ3n) is 3.18. The van der Waals surface area contributed by atoms with Crippen molar-refractivity contribution in [1.82, 2.24) is 9.55 Å². The summed E-state index contributed by atoms with van der Waals surface area (Å²) in [6.45, 7) is 5.91. The van der Waals surface area contributed by atoms with Gasteiger partial charge in [0.05, 0.1) is 12.6 Å². The summed E-state index contributed by atoms with van der Waals surface area (Å²) < 4.78 is 7.77. The lowest BCUT2D eigenvalue weighted by Crippen LogP contribution is -2.18. The van der Waals surface area contributed by atoms with Crippen LogP contribution in [-0.2, 0) is 6.54 Å². The minimum Gasteiger partial charge on any atom is -0.494 e. The number of ether oxygens (including phenoxy) is 1. The van der Waals surface area contributed by atoms with E-state index in [-0.39, 0.29) is 6.04 Å². The second-order valence-electron chi connectivity index (χ2n) is 4.88. The first-order chi connectivity index (χ1) is 9.76. The van der Waals surface area contributed by atoms with Crippen LogP contribution in [0.25, 0.3) is 0 Å². The normalized spacial score (nSPS) is 12.3. The van der Waals surface area contributed by atoms with E-state index in [9.17, 15) is 0 Å². The first kappa shape index (κ1) is 14.6. The van der Waals surface area contributed by atoms with Crippen LogP contribution in [0.3, 0.4) is 0 Å². The Labute approximate surface area is 120 Å². The number of rotatable bonds is 7. The number of aromatic nitrogens is 2. The van der Waals surface area contributed by atoms with Crippen LogP contribution in [0.1, 0.15) is 44.1 Å². The summed E-state index contributed by atoms with van der Waals surface area (Å²) in [4.78, 5) is 4.40. The quantitative estimate of drug-likeness (QED) is 0.843. The molecule has 108 valence electrons. The van der Waals surface area contributed by atoms with Crippen molar-refractivity contribution in [2.45, 2.75) is 39.3 Å². The Balaban J connectivity index is 2.19. The Kier molecular flexibility index (Phi) is 5.18. The molecule has 0 fully saturated rings. The van der Waals surface area contributed by atoms with E-state index >= 15 is 0 Å². The van der Waals surface area contributed by atoms with Gasteiger partial charge in [-0.3, -0.25) is 0 Å². The molecule has 20 heavy (non-hydrogen) atoms. The topological polar surface area (TPSA) is 53.1 Å². The van der Waals surface area contributed by atoms with Gasteiger partial charge >= 0.3 is 0 Å². The van der Waals surface area contributed by atoms with Crippen LogP contribution in [-0.4, -0.2) is 16.2 Å². The zero-order chi connectivity index (χ0) is 14.4. The number of hydrogen-bond donors (Lipinski definition) is 1. The van der Waals surface area contributed by atoms with Crippen molar-refractivity contribution in [2.24, 2.45) is 5.73 Å². The molecule has 1 atom stereocenters. The fraction of sp³-hybridized carbons (Fsp3) is 0.438. The van der Waals surface area contributed by atoms with Gasteiger partial charge in [-0.1, -0.05) is 26.0 Å². The van der Waals surface area contributed by atoms with E-state index in [1.165, 1.54) is 0 Å². The molecular weight excluding hydrogens is 250 g/mol. The van der Waals surface area contributed by atoms with Crippen molar-refractivity contribution in [3.63, 3.8) is 0 Å². The molecular formula is C16H23N3O. The molecule has 4 nitrogen and oxygen atoms in total. The van der Waals surface area contributed by atoms with Crippen LogP contribution in [0.5, 0.6) is 5.75 Å². The highest BCUT2D eigenvalue weighted by molar-refractivity contribution is 5.33. The monoisotopic (exact) mass is 273 g/mol. The van der Waals surface area contributed by atoms with Gasteiger partial charge in [-0.05, 0) is 30.5 Å². The highest BCUT2D eigenvalue weighted by Crippen LogP contribution is 2.22. The maximum absolute atomic E-state index is 6.35. The predicted molar refractivity (Wildman–Crippen MR) is 80.8 cm³/mol. The van der Waals surface area contributed by atoms with E-state index in [2.05, 4.69) is 23.4 Å². The van der Waals surface area contributed by atoms with Crippen LogP contribution in [0.15, 0.2) is 36.7 Å². The van der Waals surface area contributed by atoms with Crippen LogP contribution in [0.4, 0.5) is 0 Å². The summed E-state index contributed by atoms with van der Waals surface area (Å²) in [6, 6.07) is 7.75. The molecule has 0 aliphatic carbocycles. The Morgan fingerprint density at radius 2 is 2.15 bits per heavy atom. The Bertz CT molecular complexity index is 536. The Hall–Kier alpha value is -1.81. The first-order valence-electron chi connectivity index (χ1n) is 7.25. The van der Waals surface area contributed by atoms with Gasteiger partial charge in [0.15, 0.2) is 0 Å². The van der Waals surface area contributed by atoms with E-state index < -0.39 is 0 Å². The van der Waals surface area contributed by atoms with Crippen LogP contribution < -0.4 is 10.5 Å². The summed E-state index contributed by atoms with van der Waals surface area (Å²) >= 11 is 0. The third-order valence-corrected chi connectivity index (χ3v) is 3.18. The van der Waals surface area contributed by atoms with Gasteiger partial charge in [0.25, 0.3) is 0 Å². The Morgan fingerprint density at radius 3 is 2.90 bits per heavy atom. The molecule has 2 aromatic rings. The molecule has 4 heteroatoms. The summed E-state index contributed by atoms with van der Waals surface area (Å²) in [6.07, 6.45) is 5.85. The molecule has 1 unspecified atom stereocenters. The van der Waals surface area contributed by atoms with Gasteiger partial charge in [-0.2, -0.15) is 0 Å². The fourth-order valence-electron chi connectivity index (χ4n) is 2.20. The number of aryl methyl sites for hydroxylation is 1. The summed E-state index contributed by atoms with van der Waals surface area (Å²) in [5, 5.41) is 0. The molecule has 0 bridgehead atoms. The SMILES string of the molecule is CCCOc1cccc(C(N)c2nccn2CCC)c1. The van der Waals surface area contributed by atoms with Crippen molar-refractivity contribution < 1.29 is 4.74 Å². The average molecular weight is 273 g/mol. The van der Waals surface area contributed by atoms with Gasteiger partial charge in [-0.15, -0.1) is 0 Å². The zero-order valence-electron chi connectivity index (χ0n) is 12.2. The lowest BCUT2D eigenvalue weighted by atomic mass is 10.1. The first-order valence-corrected chi connectivity index (χ1v) is 7.25. The number of nitrogens with zero attached hydrogens (tertiary/aromatic N) is 2. The molecule has 0 aliphatic heterocycles. The molecule has 2 N–H and O–H groups in total. The predicted octanol–water partition coefficient (Wildman–Crippen LogP) is 3.13. The maximum atomic E-state index is 6.35. The second-order valence-corrected chi connectivity index (χ2v) is 4.88. The minimum absolute atomic E-state index is 0.221. The van der Waals surface area contributed by atoms with E-state index in [4.69, 9.17) is 10.5 Å². The average Bonchev–Trinajstić information content (AvgIpc) is 2.93. The fourth-order valence-corrected chi connectivity index (χ4v) is 2.20. The van der Waals surface area contributed by atoms with Gasteiger partial charge in [-0.25, -0.2) is 4.98 Å². The van der Waals surface area contributed by atoms with E-state index in [0.717, 1.165) is 43.1 Å². The van der Waals surface area contributed by atoms with Gasteiger partial charge in [0.1, 0.15) is 11.6 Å². The lowest BCUT2D eigenvalue weighted by Gasteiger charge is -2.15. The van der Waals surface area contributed by atoms with Crippen LogP contribution in [0.2, 0.25) is 0 Å². The van der Waals surface area contributed by atoms with Crippen molar-refractivity contribution in [3.8, 4) is 5.75 Å². The van der Waals surface area contributed by atoms with E-state index in [1.807, 2.05) is 36.7 Å². The zero-order valence-corrected chi connectivity index (χ0v) is 12.2. The molecule has 0 radical (unpaired) electrons. The highest BCUT2D eigenvalue weighted by atomic mass is 16.5. The van der Waals surface area contributed by atoms with Crippen molar-refractivity contribution in [2.75, 3.05) is 6.61 Å². The molecule has 0 aliphatic rings. The number of benzene rings is 1. The molecule has 0 spiro atoms. The molecule has 1 heterocycles. The molecule has 1 aromatic heterocycles. The largest absolute Gasteiger partial charge is 0.494 e. The van der Waals surface area contributed by atoms with Gasteiger partial charge in [0, 0.05) is 18.9 Å². The standard InChI is InChI=1S/C16H23N3O/c1-3-9-19-10-8-18-16(19)15(17)13-6-5-7-14(12-13)20-11-4-2/h5-8,10,12,15H,3-4,9,11,17H2,1-2H3. The smallest absolute Gasteiger partial charge is 0.130 e. The highest BCUT2D eigenvalue weighted by Gasteiger charge is 2.15. The summed E-state index contributed by atoms with van der Waals surface area (Å²) in [5.41, 5.74) is 7.38. The number of hydrogen-bond acceptors (Lipinski definition) is 3. The maximum Gasteiger partial charge on any atom is 0.130 e. The second kappa shape index (κ2) is 7.10. The van der Waals surface area contributed by atoms with E-state index in [0.29, 0.717) is 0 Å². The molecule has 0 amide bonds.